The molecule has 6 heteroatoms. The van der Waals surface area contributed by atoms with Gasteiger partial charge in [-0.25, -0.2) is 4.98 Å². The zero-order chi connectivity index (χ0) is 19.3. The number of para-hydroxylation sites is 1. The first-order chi connectivity index (χ1) is 13.6. The number of hydrogen-bond donors (Lipinski definition) is 0. The maximum Gasteiger partial charge on any atom is 0.237 e. The van der Waals surface area contributed by atoms with Crippen molar-refractivity contribution in [1.29, 1.82) is 0 Å². The van der Waals surface area contributed by atoms with E-state index in [4.69, 9.17) is 14.5 Å². The minimum absolute atomic E-state index is 0.120. The van der Waals surface area contributed by atoms with Crippen LogP contribution in [0.4, 0.5) is 5.69 Å². The van der Waals surface area contributed by atoms with Gasteiger partial charge in [0.15, 0.2) is 11.5 Å². The van der Waals surface area contributed by atoms with E-state index in [-0.39, 0.29) is 18.7 Å². The van der Waals surface area contributed by atoms with Crippen molar-refractivity contribution >= 4 is 34.3 Å². The first-order valence-corrected chi connectivity index (χ1v) is 10.3. The van der Waals surface area contributed by atoms with Gasteiger partial charge in [-0.2, -0.15) is 0 Å². The molecule has 1 amide bonds. The summed E-state index contributed by atoms with van der Waals surface area (Å²) in [6.07, 6.45) is 0.910. The monoisotopic (exact) mass is 392 g/mol. The lowest BCUT2D eigenvalue weighted by molar-refractivity contribution is -0.116. The van der Waals surface area contributed by atoms with Crippen LogP contribution in [0.2, 0.25) is 0 Å². The fraction of sp³-hybridized carbons (Fsp3) is 0.273. The van der Waals surface area contributed by atoms with Gasteiger partial charge in [0.05, 0.1) is 11.3 Å². The summed E-state index contributed by atoms with van der Waals surface area (Å²) in [6, 6.07) is 14.3. The summed E-state index contributed by atoms with van der Waals surface area (Å²) in [4.78, 5) is 19.7. The van der Waals surface area contributed by atoms with E-state index in [0.29, 0.717) is 5.75 Å². The molecular weight excluding hydrogens is 372 g/mol. The van der Waals surface area contributed by atoms with Crippen molar-refractivity contribution in [2.75, 3.05) is 17.4 Å². The number of amides is 1. The summed E-state index contributed by atoms with van der Waals surface area (Å²) in [5.41, 5.74) is 4.18. The smallest absolute Gasteiger partial charge is 0.237 e. The Balaban J connectivity index is 1.38. The third-order valence-electron chi connectivity index (χ3n) is 5.26. The maximum atomic E-state index is 13.0. The number of aryl methyl sites for hydroxylation is 1. The molecule has 2 aromatic carbocycles. The minimum Gasteiger partial charge on any atom is -0.454 e. The molecule has 0 fully saturated rings. The van der Waals surface area contributed by atoms with Gasteiger partial charge in [-0.15, -0.1) is 0 Å². The molecule has 2 aliphatic heterocycles. The molecule has 0 spiro atoms. The summed E-state index contributed by atoms with van der Waals surface area (Å²) in [5.74, 6) is 1.96. The summed E-state index contributed by atoms with van der Waals surface area (Å²) in [6.45, 7) is 4.37. The zero-order valence-electron chi connectivity index (χ0n) is 15.8. The van der Waals surface area contributed by atoms with Gasteiger partial charge >= 0.3 is 0 Å². The highest BCUT2D eigenvalue weighted by atomic mass is 32.2. The van der Waals surface area contributed by atoms with Crippen molar-refractivity contribution in [3.8, 4) is 11.5 Å². The second-order valence-corrected chi connectivity index (χ2v) is 8.21. The molecule has 142 valence electrons. The number of ether oxygens (including phenoxy) is 2. The minimum atomic E-state index is 0.120. The van der Waals surface area contributed by atoms with Gasteiger partial charge < -0.3 is 14.4 Å². The Bertz CT molecular complexity index is 1100. The Kier molecular flexibility index (Phi) is 4.16. The molecule has 0 unspecified atom stereocenters. The van der Waals surface area contributed by atoms with Crippen LogP contribution in [0.5, 0.6) is 11.5 Å². The number of anilines is 1. The van der Waals surface area contributed by atoms with Crippen LogP contribution in [-0.4, -0.2) is 29.5 Å². The lowest BCUT2D eigenvalue weighted by Gasteiger charge is -2.22. The van der Waals surface area contributed by atoms with Crippen LogP contribution in [-0.2, 0) is 11.2 Å². The summed E-state index contributed by atoms with van der Waals surface area (Å²) < 4.78 is 10.9. The van der Waals surface area contributed by atoms with E-state index < -0.39 is 0 Å². The number of aromatic nitrogens is 1. The van der Waals surface area contributed by atoms with Crippen molar-refractivity contribution in [2.45, 2.75) is 31.3 Å². The van der Waals surface area contributed by atoms with E-state index in [2.05, 4.69) is 19.1 Å². The topological polar surface area (TPSA) is 51.7 Å². The van der Waals surface area contributed by atoms with E-state index in [1.165, 1.54) is 17.3 Å². The molecule has 0 radical (unpaired) electrons. The molecule has 0 N–H and O–H groups in total. The third-order valence-corrected chi connectivity index (χ3v) is 6.34. The normalized spacial score (nSPS) is 17.2. The van der Waals surface area contributed by atoms with Crippen molar-refractivity contribution < 1.29 is 14.3 Å². The van der Waals surface area contributed by atoms with Crippen LogP contribution in [0.15, 0.2) is 47.5 Å². The van der Waals surface area contributed by atoms with Gasteiger partial charge in [0, 0.05) is 23.2 Å². The van der Waals surface area contributed by atoms with Crippen LogP contribution in [0.25, 0.3) is 10.9 Å². The average molecular weight is 392 g/mol. The molecule has 0 bridgehead atoms. The number of rotatable bonds is 3. The van der Waals surface area contributed by atoms with E-state index in [1.807, 2.05) is 42.2 Å². The average Bonchev–Trinajstić information content (AvgIpc) is 3.26. The standard InChI is InChI=1S/C22H20N2O3S/c1-13-7-16-9-19-20(27-12-26-19)10-17(16)23-22(13)28-11-21(25)24-14(2)8-15-5-3-4-6-18(15)24/h3-7,9-10,14H,8,11-12H2,1-2H3/t14-/m0/s1. The number of thioether (sulfide) groups is 1. The van der Waals surface area contributed by atoms with Crippen molar-refractivity contribution in [2.24, 2.45) is 0 Å². The van der Waals surface area contributed by atoms with E-state index in [0.717, 1.165) is 45.1 Å². The first kappa shape index (κ1) is 17.4. The predicted octanol–water partition coefficient (Wildman–Crippen LogP) is 4.34. The highest BCUT2D eigenvalue weighted by molar-refractivity contribution is 8.00. The maximum absolute atomic E-state index is 13.0. The number of hydrogen-bond acceptors (Lipinski definition) is 5. The quantitative estimate of drug-likeness (QED) is 0.621. The van der Waals surface area contributed by atoms with Gasteiger partial charge in [-0.05, 0) is 49.6 Å². The molecule has 1 atom stereocenters. The fourth-order valence-electron chi connectivity index (χ4n) is 3.94. The van der Waals surface area contributed by atoms with E-state index in [1.54, 1.807) is 0 Å². The molecular formula is C22H20N2O3S. The van der Waals surface area contributed by atoms with Gasteiger partial charge in [0.1, 0.15) is 5.03 Å². The Labute approximate surface area is 167 Å². The molecule has 5 nitrogen and oxygen atoms in total. The fourth-order valence-corrected chi connectivity index (χ4v) is 4.79. The zero-order valence-corrected chi connectivity index (χ0v) is 16.6. The van der Waals surface area contributed by atoms with Gasteiger partial charge in [0.2, 0.25) is 12.7 Å². The molecule has 3 heterocycles. The van der Waals surface area contributed by atoms with Crippen molar-refractivity contribution in [3.63, 3.8) is 0 Å². The number of carbonyl (C=O) groups excluding carboxylic acids is 1. The Morgan fingerprint density at radius 2 is 2.00 bits per heavy atom. The second kappa shape index (κ2) is 6.71. The number of pyridine rings is 1. The van der Waals surface area contributed by atoms with Crippen molar-refractivity contribution in [1.82, 2.24) is 4.98 Å². The van der Waals surface area contributed by atoms with Crippen LogP contribution in [0, 0.1) is 6.92 Å². The van der Waals surface area contributed by atoms with E-state index >= 15 is 0 Å². The highest BCUT2D eigenvalue weighted by Gasteiger charge is 2.30. The number of carbonyl (C=O) groups is 1. The number of benzene rings is 2. The molecule has 0 saturated carbocycles. The Hall–Kier alpha value is -2.73. The summed E-state index contributed by atoms with van der Waals surface area (Å²) in [5, 5.41) is 1.89. The summed E-state index contributed by atoms with van der Waals surface area (Å²) >= 11 is 1.49. The molecule has 28 heavy (non-hydrogen) atoms. The Morgan fingerprint density at radius 1 is 1.21 bits per heavy atom. The van der Waals surface area contributed by atoms with Crippen LogP contribution in [0.1, 0.15) is 18.1 Å². The summed E-state index contributed by atoms with van der Waals surface area (Å²) in [7, 11) is 0. The van der Waals surface area contributed by atoms with Crippen molar-refractivity contribution in [3.05, 3.63) is 53.6 Å². The lowest BCUT2D eigenvalue weighted by atomic mass is 10.1. The number of fused-ring (bicyclic) bond motifs is 3. The lowest BCUT2D eigenvalue weighted by Crippen LogP contribution is -2.37. The molecule has 1 aromatic heterocycles. The van der Waals surface area contributed by atoms with Gasteiger partial charge in [-0.1, -0.05) is 30.0 Å². The SMILES string of the molecule is Cc1cc2cc3c(cc2nc1SCC(=O)N1c2ccccc2C[C@@H]1C)OCO3. The predicted molar refractivity (Wildman–Crippen MR) is 110 cm³/mol. The van der Waals surface area contributed by atoms with Crippen LogP contribution in [0.3, 0.4) is 0 Å². The Morgan fingerprint density at radius 3 is 2.86 bits per heavy atom. The largest absolute Gasteiger partial charge is 0.454 e. The molecule has 5 rings (SSSR count). The third kappa shape index (κ3) is 2.88. The highest BCUT2D eigenvalue weighted by Crippen LogP contribution is 2.37. The van der Waals surface area contributed by atoms with Crippen LogP contribution >= 0.6 is 11.8 Å². The molecule has 3 aromatic rings. The molecule has 2 aliphatic rings. The van der Waals surface area contributed by atoms with Gasteiger partial charge in [0.25, 0.3) is 0 Å². The first-order valence-electron chi connectivity index (χ1n) is 9.34. The van der Waals surface area contributed by atoms with Crippen LogP contribution < -0.4 is 14.4 Å². The van der Waals surface area contributed by atoms with E-state index in [9.17, 15) is 4.79 Å². The molecule has 0 aliphatic carbocycles. The number of nitrogens with zero attached hydrogens (tertiary/aromatic N) is 2. The van der Waals surface area contributed by atoms with Gasteiger partial charge in [-0.3, -0.25) is 4.79 Å². The second-order valence-electron chi connectivity index (χ2n) is 7.24. The molecule has 0 saturated heterocycles.